The van der Waals surface area contributed by atoms with E-state index in [9.17, 15) is 41.5 Å². The summed E-state index contributed by atoms with van der Waals surface area (Å²) in [6.45, 7) is 2.89. The zero-order valence-corrected chi connectivity index (χ0v) is 23.5. The number of aromatic amines is 1. The number of carbonyl (C=O) groups is 4. The highest BCUT2D eigenvalue weighted by atomic mass is 19.4. The summed E-state index contributed by atoms with van der Waals surface area (Å²) in [7, 11) is 0. The first-order chi connectivity index (χ1) is 20.9. The van der Waals surface area contributed by atoms with E-state index in [2.05, 4.69) is 4.98 Å². The number of pyridine rings is 1. The Labute approximate surface area is 251 Å². The number of carboxylic acids is 3. The molecule has 0 spiro atoms. The van der Waals surface area contributed by atoms with Crippen LogP contribution in [-0.4, -0.2) is 55.8 Å². The molecule has 7 N–H and O–H groups in total. The molecule has 1 amide bonds. The summed E-state index contributed by atoms with van der Waals surface area (Å²) in [5.74, 6) is -6.41. The summed E-state index contributed by atoms with van der Waals surface area (Å²) in [6, 6.07) is 10.8. The first kappa shape index (κ1) is 35.6. The van der Waals surface area contributed by atoms with Crippen LogP contribution in [0.25, 0.3) is 10.8 Å². The van der Waals surface area contributed by atoms with Crippen LogP contribution < -0.4 is 11.3 Å². The van der Waals surface area contributed by atoms with Crippen LogP contribution in [0.3, 0.4) is 0 Å². The number of carbonyl (C=O) groups excluding carboxylic acids is 1. The lowest BCUT2D eigenvalue weighted by Gasteiger charge is -2.16. The number of aliphatic hydroxyl groups excluding tert-OH is 1. The van der Waals surface area contributed by atoms with Crippen molar-refractivity contribution in [2.45, 2.75) is 25.9 Å². The van der Waals surface area contributed by atoms with Crippen molar-refractivity contribution in [3.8, 4) is 0 Å². The van der Waals surface area contributed by atoms with E-state index in [0.29, 0.717) is 28.5 Å². The summed E-state index contributed by atoms with van der Waals surface area (Å²) in [5, 5.41) is 37.0. The Morgan fingerprint density at radius 2 is 1.51 bits per heavy atom. The van der Waals surface area contributed by atoms with Crippen LogP contribution in [0, 0.1) is 12.7 Å². The highest BCUT2D eigenvalue weighted by Gasteiger charge is 2.34. The molecule has 45 heavy (non-hydrogen) atoms. The van der Waals surface area contributed by atoms with Gasteiger partial charge in [-0.1, -0.05) is 19.1 Å². The fourth-order valence-electron chi connectivity index (χ4n) is 4.11. The van der Waals surface area contributed by atoms with Gasteiger partial charge in [0.15, 0.2) is 0 Å². The first-order valence-electron chi connectivity index (χ1n) is 12.6. The molecule has 1 unspecified atom stereocenters. The van der Waals surface area contributed by atoms with Crippen molar-refractivity contribution in [3.05, 3.63) is 116 Å². The van der Waals surface area contributed by atoms with Crippen LogP contribution >= 0.6 is 0 Å². The second-order valence-corrected chi connectivity index (χ2v) is 9.35. The van der Waals surface area contributed by atoms with Gasteiger partial charge in [-0.05, 0) is 60.5 Å². The second kappa shape index (κ2) is 14.7. The van der Waals surface area contributed by atoms with Gasteiger partial charge in [-0.25, -0.2) is 18.8 Å². The van der Waals surface area contributed by atoms with Crippen molar-refractivity contribution in [2.24, 2.45) is 5.73 Å². The van der Waals surface area contributed by atoms with E-state index in [-0.39, 0.29) is 40.0 Å². The van der Waals surface area contributed by atoms with Gasteiger partial charge in [0.2, 0.25) is 5.91 Å². The fourth-order valence-corrected chi connectivity index (χ4v) is 4.11. The number of hydrogen-bond acceptors (Lipinski definition) is 6. The van der Waals surface area contributed by atoms with Crippen molar-refractivity contribution in [1.29, 1.82) is 0 Å². The third-order valence-electron chi connectivity index (χ3n) is 6.27. The van der Waals surface area contributed by atoms with Crippen LogP contribution in [0.1, 0.15) is 71.0 Å². The Morgan fingerprint density at radius 1 is 0.889 bits per heavy atom. The van der Waals surface area contributed by atoms with Crippen LogP contribution in [0.15, 0.2) is 65.6 Å². The molecule has 0 aliphatic carbocycles. The number of fused-ring (bicyclic) bond motifs is 1. The molecule has 0 saturated carbocycles. The van der Waals surface area contributed by atoms with Crippen LogP contribution in [-0.2, 0) is 6.18 Å². The molecule has 0 radical (unpaired) electrons. The van der Waals surface area contributed by atoms with Gasteiger partial charge in [-0.2, -0.15) is 13.2 Å². The van der Waals surface area contributed by atoms with E-state index in [1.807, 2.05) is 0 Å². The summed E-state index contributed by atoms with van der Waals surface area (Å²) >= 11 is 0. The fraction of sp³-hybridized carbons (Fsp3) is 0.167. The van der Waals surface area contributed by atoms with E-state index in [0.717, 1.165) is 6.07 Å². The topological polar surface area (TPSA) is 208 Å². The molecule has 0 saturated heterocycles. The third kappa shape index (κ3) is 8.73. The van der Waals surface area contributed by atoms with Gasteiger partial charge in [0.05, 0.1) is 22.3 Å². The van der Waals surface area contributed by atoms with E-state index in [1.165, 1.54) is 24.4 Å². The zero-order valence-electron chi connectivity index (χ0n) is 23.5. The minimum Gasteiger partial charge on any atom is -0.478 e. The van der Waals surface area contributed by atoms with Crippen LogP contribution in [0.4, 0.5) is 17.6 Å². The monoisotopic (exact) mass is 634 g/mol. The Hall–Kier alpha value is -5.57. The largest absolute Gasteiger partial charge is 0.478 e. The maximum atomic E-state index is 12.8. The number of alkyl halides is 3. The van der Waals surface area contributed by atoms with E-state index in [4.69, 9.17) is 26.2 Å². The number of halogens is 4. The molecule has 0 fully saturated rings. The summed E-state index contributed by atoms with van der Waals surface area (Å²) in [5.41, 5.74) is 3.47. The molecule has 3 aromatic carbocycles. The number of hydrogen-bond donors (Lipinski definition) is 6. The van der Waals surface area contributed by atoms with Gasteiger partial charge in [-0.3, -0.25) is 9.59 Å². The number of aromatic carboxylic acids is 3. The van der Waals surface area contributed by atoms with Gasteiger partial charge < -0.3 is 31.1 Å². The first-order valence-corrected chi connectivity index (χ1v) is 12.6. The molecule has 0 aliphatic rings. The van der Waals surface area contributed by atoms with Crippen LogP contribution in [0.2, 0.25) is 0 Å². The number of aryl methyl sites for hydroxylation is 1. The van der Waals surface area contributed by atoms with E-state index < -0.39 is 47.3 Å². The number of benzene rings is 3. The second-order valence-electron chi connectivity index (χ2n) is 9.35. The molecule has 0 aliphatic heterocycles. The van der Waals surface area contributed by atoms with Gasteiger partial charge in [0, 0.05) is 35.1 Å². The molecule has 4 aromatic rings. The molecular formula is C30H26F4N2O9. The molecule has 1 heterocycles. The lowest BCUT2D eigenvalue weighted by Crippen LogP contribution is -2.15. The predicted octanol–water partition coefficient (Wildman–Crippen LogP) is 4.66. The Morgan fingerprint density at radius 3 is 2.00 bits per heavy atom. The highest BCUT2D eigenvalue weighted by molar-refractivity contribution is 6.03. The van der Waals surface area contributed by atoms with Gasteiger partial charge in [0.1, 0.15) is 5.82 Å². The zero-order chi connectivity index (χ0) is 34.2. The minimum atomic E-state index is -4.76. The number of H-pyrrole nitrogens is 1. The van der Waals surface area contributed by atoms with Gasteiger partial charge >= 0.3 is 24.1 Å². The Bertz CT molecular complexity index is 1820. The number of primary amides is 1. The minimum absolute atomic E-state index is 0.0357. The van der Waals surface area contributed by atoms with Crippen molar-refractivity contribution in [2.75, 3.05) is 6.61 Å². The summed E-state index contributed by atoms with van der Waals surface area (Å²) in [6.07, 6.45) is -3.32. The quantitative estimate of drug-likeness (QED) is 0.163. The smallest absolute Gasteiger partial charge is 0.419 e. The number of nitrogens with two attached hydrogens (primary N) is 1. The van der Waals surface area contributed by atoms with Gasteiger partial charge in [-0.15, -0.1) is 0 Å². The van der Waals surface area contributed by atoms with Crippen molar-refractivity contribution in [1.82, 2.24) is 4.98 Å². The number of rotatable bonds is 6. The predicted molar refractivity (Wildman–Crippen MR) is 152 cm³/mol. The summed E-state index contributed by atoms with van der Waals surface area (Å²) in [4.78, 5) is 57.3. The maximum absolute atomic E-state index is 12.8. The maximum Gasteiger partial charge on any atom is 0.419 e. The van der Waals surface area contributed by atoms with E-state index >= 15 is 0 Å². The lowest BCUT2D eigenvalue weighted by molar-refractivity contribution is -0.140. The standard InChI is InChI=1S/C12H14O5.C10H7NO3.C8H5F4NO/c1-6-3-4-8(11(14)15)9(7(2)5-13)10(6)12(16)17;12-9-7-2-1-3-8(10(13)14)6(7)4-5-11-9;9-6-3-4(7(13)14)1-2-5(6)8(10,11)12/h3-4,7,13H,5H2,1-2H3,(H,14,15)(H,16,17);1-5H,(H,11,12)(H,13,14);1-3H,(H2,13,14). The van der Waals surface area contributed by atoms with Crippen molar-refractivity contribution < 1.29 is 57.2 Å². The molecule has 1 aromatic heterocycles. The number of aromatic nitrogens is 1. The highest BCUT2D eigenvalue weighted by Crippen LogP contribution is 2.31. The number of nitrogens with one attached hydrogen (secondary N) is 1. The third-order valence-corrected chi connectivity index (χ3v) is 6.27. The number of aliphatic hydroxyl groups is 1. The number of amides is 1. The molecule has 11 nitrogen and oxygen atoms in total. The van der Waals surface area contributed by atoms with Crippen molar-refractivity contribution in [3.63, 3.8) is 0 Å². The number of carboxylic acid groups (broad SMARTS) is 3. The van der Waals surface area contributed by atoms with Crippen molar-refractivity contribution >= 4 is 34.6 Å². The molecule has 4 rings (SSSR count). The lowest BCUT2D eigenvalue weighted by atomic mass is 9.88. The SMILES string of the molecule is Cc1ccc(C(=O)O)c(C(C)CO)c1C(=O)O.NC(=O)c1ccc(C(F)(F)F)c(F)c1.O=C(O)c1cccc2c(=O)[nH]ccc12. The molecule has 0 bridgehead atoms. The molecule has 1 atom stereocenters. The normalized spacial score (nSPS) is 11.4. The van der Waals surface area contributed by atoms with E-state index in [1.54, 1.807) is 32.0 Å². The Balaban J connectivity index is 0.000000237. The van der Waals surface area contributed by atoms with Crippen LogP contribution in [0.5, 0.6) is 0 Å². The molecule has 15 heteroatoms. The van der Waals surface area contributed by atoms with Gasteiger partial charge in [0.25, 0.3) is 5.56 Å². The Kier molecular flexibility index (Phi) is 11.7. The summed E-state index contributed by atoms with van der Waals surface area (Å²) < 4.78 is 48.9. The average molecular weight is 635 g/mol. The average Bonchev–Trinajstić information content (AvgIpc) is 2.96. The molecular weight excluding hydrogens is 608 g/mol. The molecule has 238 valence electrons.